The molecule has 0 unspecified atom stereocenters. The first-order valence-corrected chi connectivity index (χ1v) is 8.10. The van der Waals surface area contributed by atoms with Gasteiger partial charge in [0, 0.05) is 13.1 Å². The van der Waals surface area contributed by atoms with Gasteiger partial charge in [-0.25, -0.2) is 4.39 Å². The third kappa shape index (κ3) is 3.47. The third-order valence-corrected chi connectivity index (χ3v) is 5.21. The fraction of sp³-hybridized carbons (Fsp3) is 0.538. The van der Waals surface area contributed by atoms with E-state index < -0.39 is 16.0 Å². The summed E-state index contributed by atoms with van der Waals surface area (Å²) < 4.78 is 41.6. The molecule has 0 atom stereocenters. The lowest BCUT2D eigenvalue weighted by Gasteiger charge is -2.30. The summed E-state index contributed by atoms with van der Waals surface area (Å²) in [5.74, 6) is -0.0764. The molecule has 0 saturated carbocycles. The Balaban J connectivity index is 2.10. The second-order valence-corrected chi connectivity index (χ2v) is 6.82. The van der Waals surface area contributed by atoms with Gasteiger partial charge < -0.3 is 5.73 Å². The highest BCUT2D eigenvalue weighted by atomic mass is 32.2. The Morgan fingerprint density at radius 3 is 2.65 bits per heavy atom. The Kier molecular flexibility index (Phi) is 4.62. The molecule has 7 heteroatoms. The number of nitrogens with one attached hydrogen (secondary N) is 1. The Labute approximate surface area is 119 Å². The predicted octanol–water partition coefficient (Wildman–Crippen LogP) is 1.46. The van der Waals surface area contributed by atoms with Crippen LogP contribution >= 0.6 is 0 Å². The maximum Gasteiger partial charge on any atom is 0.301 e. The van der Waals surface area contributed by atoms with Crippen LogP contribution in [0.2, 0.25) is 0 Å². The van der Waals surface area contributed by atoms with Crippen molar-refractivity contribution in [3.8, 4) is 0 Å². The molecule has 2 rings (SSSR count). The zero-order chi connectivity index (χ0) is 14.8. The number of nitrogens with two attached hydrogens (primary N) is 1. The van der Waals surface area contributed by atoms with Crippen molar-refractivity contribution >= 4 is 15.9 Å². The topological polar surface area (TPSA) is 75.4 Å². The highest BCUT2D eigenvalue weighted by Crippen LogP contribution is 2.22. The van der Waals surface area contributed by atoms with Crippen LogP contribution < -0.4 is 10.5 Å². The summed E-state index contributed by atoms with van der Waals surface area (Å²) in [5, 5.41) is 0. The monoisotopic (exact) mass is 301 g/mol. The zero-order valence-electron chi connectivity index (χ0n) is 11.5. The van der Waals surface area contributed by atoms with Crippen LogP contribution in [0.3, 0.4) is 0 Å². The fourth-order valence-electron chi connectivity index (χ4n) is 2.29. The standard InChI is InChI=1S/C13H20FN3O2S/c1-10-2-3-12(14)8-13(10)16-20(18,19)17-6-4-11(9-15)5-7-17/h2-3,8,11,16H,4-7,9,15H2,1H3. The minimum Gasteiger partial charge on any atom is -0.330 e. The van der Waals surface area contributed by atoms with E-state index in [-0.39, 0.29) is 5.69 Å². The normalized spacial score (nSPS) is 18.1. The van der Waals surface area contributed by atoms with Crippen molar-refractivity contribution in [3.05, 3.63) is 29.6 Å². The Morgan fingerprint density at radius 1 is 1.40 bits per heavy atom. The van der Waals surface area contributed by atoms with Crippen molar-refractivity contribution in [2.45, 2.75) is 19.8 Å². The van der Waals surface area contributed by atoms with Crippen LogP contribution in [0.5, 0.6) is 0 Å². The molecule has 1 aromatic carbocycles. The number of halogens is 1. The van der Waals surface area contributed by atoms with Crippen LogP contribution in [0.25, 0.3) is 0 Å². The molecule has 1 saturated heterocycles. The lowest BCUT2D eigenvalue weighted by atomic mass is 9.99. The molecule has 0 aliphatic carbocycles. The molecule has 1 heterocycles. The molecule has 1 aliphatic rings. The number of piperidine rings is 1. The van der Waals surface area contributed by atoms with Crippen LogP contribution in [-0.4, -0.2) is 32.4 Å². The number of anilines is 1. The maximum absolute atomic E-state index is 13.2. The fourth-order valence-corrected chi connectivity index (χ4v) is 3.61. The van der Waals surface area contributed by atoms with Gasteiger partial charge in [0.05, 0.1) is 5.69 Å². The second-order valence-electron chi connectivity index (χ2n) is 5.14. The minimum absolute atomic E-state index is 0.283. The smallest absolute Gasteiger partial charge is 0.301 e. The van der Waals surface area contributed by atoms with Gasteiger partial charge >= 0.3 is 10.2 Å². The van der Waals surface area contributed by atoms with Crippen LogP contribution in [0.15, 0.2) is 18.2 Å². The SMILES string of the molecule is Cc1ccc(F)cc1NS(=O)(=O)N1CCC(CN)CC1. The van der Waals surface area contributed by atoms with Gasteiger partial charge in [0.25, 0.3) is 0 Å². The number of benzene rings is 1. The van der Waals surface area contributed by atoms with Crippen molar-refractivity contribution in [2.75, 3.05) is 24.4 Å². The van der Waals surface area contributed by atoms with E-state index in [0.717, 1.165) is 12.8 Å². The van der Waals surface area contributed by atoms with Crippen molar-refractivity contribution in [2.24, 2.45) is 11.7 Å². The number of hydrogen-bond acceptors (Lipinski definition) is 3. The van der Waals surface area contributed by atoms with Gasteiger partial charge in [-0.2, -0.15) is 12.7 Å². The quantitative estimate of drug-likeness (QED) is 0.884. The first-order valence-electron chi connectivity index (χ1n) is 6.66. The maximum atomic E-state index is 13.2. The van der Waals surface area contributed by atoms with Gasteiger partial charge in [0.1, 0.15) is 5.82 Å². The highest BCUT2D eigenvalue weighted by molar-refractivity contribution is 7.90. The molecule has 0 amide bonds. The average molecular weight is 301 g/mol. The molecule has 1 aromatic rings. The Hall–Kier alpha value is -1.18. The van der Waals surface area contributed by atoms with Crippen LogP contribution in [0.1, 0.15) is 18.4 Å². The van der Waals surface area contributed by atoms with Gasteiger partial charge in [-0.1, -0.05) is 6.07 Å². The van der Waals surface area contributed by atoms with Crippen molar-refractivity contribution in [3.63, 3.8) is 0 Å². The molecular formula is C13H20FN3O2S. The molecule has 3 N–H and O–H groups in total. The van der Waals surface area contributed by atoms with Crippen molar-refractivity contribution in [1.29, 1.82) is 0 Å². The molecule has 112 valence electrons. The summed E-state index contributed by atoms with van der Waals surface area (Å²) in [5.41, 5.74) is 6.56. The van der Waals surface area contributed by atoms with Gasteiger partial charge in [0.15, 0.2) is 0 Å². The molecule has 1 aliphatic heterocycles. The summed E-state index contributed by atoms with van der Waals surface area (Å²) in [6.07, 6.45) is 1.53. The second kappa shape index (κ2) is 6.07. The molecule has 20 heavy (non-hydrogen) atoms. The van der Waals surface area contributed by atoms with E-state index in [9.17, 15) is 12.8 Å². The molecule has 5 nitrogen and oxygen atoms in total. The van der Waals surface area contributed by atoms with Gasteiger partial charge in [-0.05, 0) is 49.9 Å². The number of hydrogen-bond donors (Lipinski definition) is 2. The lowest BCUT2D eigenvalue weighted by Crippen LogP contribution is -2.42. The molecule has 0 aromatic heterocycles. The molecule has 1 fully saturated rings. The van der Waals surface area contributed by atoms with Crippen LogP contribution in [-0.2, 0) is 10.2 Å². The predicted molar refractivity (Wildman–Crippen MR) is 77.0 cm³/mol. The molecule has 0 spiro atoms. The summed E-state index contributed by atoms with van der Waals surface area (Å²) >= 11 is 0. The van der Waals surface area contributed by atoms with Crippen LogP contribution in [0.4, 0.5) is 10.1 Å². The van der Waals surface area contributed by atoms with E-state index in [1.54, 1.807) is 13.0 Å². The molecular weight excluding hydrogens is 281 g/mol. The average Bonchev–Trinajstić information content (AvgIpc) is 2.43. The van der Waals surface area contributed by atoms with E-state index in [4.69, 9.17) is 5.73 Å². The third-order valence-electron chi connectivity index (χ3n) is 3.69. The summed E-state index contributed by atoms with van der Waals surface area (Å²) in [7, 11) is -3.63. The van der Waals surface area contributed by atoms with Crippen LogP contribution in [0, 0.1) is 18.7 Å². The number of rotatable bonds is 4. The molecule has 0 radical (unpaired) electrons. The number of nitrogens with zero attached hydrogens (tertiary/aromatic N) is 1. The Morgan fingerprint density at radius 2 is 2.05 bits per heavy atom. The largest absolute Gasteiger partial charge is 0.330 e. The van der Waals surface area contributed by atoms with E-state index in [1.165, 1.54) is 16.4 Å². The van der Waals surface area contributed by atoms with E-state index in [2.05, 4.69) is 4.72 Å². The summed E-state index contributed by atoms with van der Waals surface area (Å²) in [6, 6.07) is 4.05. The molecule has 0 bridgehead atoms. The Bertz CT molecular complexity index is 569. The summed E-state index contributed by atoms with van der Waals surface area (Å²) in [6.45, 7) is 3.22. The van der Waals surface area contributed by atoms with Crippen molar-refractivity contribution in [1.82, 2.24) is 4.31 Å². The minimum atomic E-state index is -3.63. The van der Waals surface area contributed by atoms with Crippen molar-refractivity contribution < 1.29 is 12.8 Å². The summed E-state index contributed by atoms with van der Waals surface area (Å²) in [4.78, 5) is 0. The van der Waals surface area contributed by atoms with E-state index >= 15 is 0 Å². The van der Waals surface area contributed by atoms with Gasteiger partial charge in [-0.15, -0.1) is 0 Å². The number of aryl methyl sites for hydroxylation is 1. The van der Waals surface area contributed by atoms with Gasteiger partial charge in [-0.3, -0.25) is 4.72 Å². The highest BCUT2D eigenvalue weighted by Gasteiger charge is 2.27. The first kappa shape index (κ1) is 15.2. The van der Waals surface area contributed by atoms with E-state index in [0.29, 0.717) is 31.1 Å². The van der Waals surface area contributed by atoms with E-state index in [1.807, 2.05) is 0 Å². The zero-order valence-corrected chi connectivity index (χ0v) is 12.3. The first-order chi connectivity index (χ1) is 9.42. The van der Waals surface area contributed by atoms with Gasteiger partial charge in [0.2, 0.25) is 0 Å². The lowest BCUT2D eigenvalue weighted by molar-refractivity contribution is 0.280.